The summed E-state index contributed by atoms with van der Waals surface area (Å²) in [5, 5.41) is 6.69. The molecule has 3 N–H and O–H groups in total. The van der Waals surface area contributed by atoms with Crippen LogP contribution in [-0.2, 0) is 11.3 Å². The summed E-state index contributed by atoms with van der Waals surface area (Å²) in [5.74, 6) is -0.130. The average molecular weight is 216 g/mol. The Kier molecular flexibility index (Phi) is 2.86. The van der Waals surface area contributed by atoms with E-state index in [0.717, 1.165) is 0 Å². The zero-order chi connectivity index (χ0) is 11.4. The quantitative estimate of drug-likeness (QED) is 0.755. The number of aromatic nitrogens is 2. The lowest BCUT2D eigenvalue weighted by Gasteiger charge is -2.05. The fourth-order valence-electron chi connectivity index (χ4n) is 1.36. The van der Waals surface area contributed by atoms with Crippen LogP contribution >= 0.6 is 0 Å². The second-order valence-electron chi connectivity index (χ2n) is 3.38. The molecule has 16 heavy (non-hydrogen) atoms. The summed E-state index contributed by atoms with van der Waals surface area (Å²) in [6, 6.07) is 8.83. The van der Waals surface area contributed by atoms with Crippen LogP contribution in [0.1, 0.15) is 0 Å². The minimum Gasteiger partial charge on any atom is -0.399 e. The van der Waals surface area contributed by atoms with Crippen molar-refractivity contribution in [1.82, 2.24) is 9.78 Å². The minimum atomic E-state index is -0.130. The predicted molar refractivity (Wildman–Crippen MR) is 61.7 cm³/mol. The Balaban J connectivity index is 1.97. The zero-order valence-electron chi connectivity index (χ0n) is 8.63. The van der Waals surface area contributed by atoms with Crippen LogP contribution < -0.4 is 11.1 Å². The number of amides is 1. The van der Waals surface area contributed by atoms with Crippen LogP contribution in [0, 0.1) is 0 Å². The SMILES string of the molecule is Nc1cccc(NC(=O)Cn2cccn2)c1. The maximum atomic E-state index is 11.6. The van der Waals surface area contributed by atoms with Crippen LogP contribution in [0.4, 0.5) is 11.4 Å². The first-order valence-corrected chi connectivity index (χ1v) is 4.87. The molecule has 0 aliphatic rings. The third-order valence-corrected chi connectivity index (χ3v) is 2.04. The van der Waals surface area contributed by atoms with E-state index >= 15 is 0 Å². The molecule has 5 heteroatoms. The number of nitrogen functional groups attached to an aromatic ring is 1. The second-order valence-corrected chi connectivity index (χ2v) is 3.38. The van der Waals surface area contributed by atoms with Gasteiger partial charge in [0.2, 0.25) is 5.91 Å². The molecule has 0 atom stereocenters. The van der Waals surface area contributed by atoms with Crippen molar-refractivity contribution in [2.45, 2.75) is 6.54 Å². The van der Waals surface area contributed by atoms with E-state index in [1.165, 1.54) is 0 Å². The van der Waals surface area contributed by atoms with E-state index in [1.54, 1.807) is 47.4 Å². The largest absolute Gasteiger partial charge is 0.399 e. The molecular formula is C11H12N4O. The molecular weight excluding hydrogens is 204 g/mol. The van der Waals surface area contributed by atoms with Crippen molar-refractivity contribution < 1.29 is 4.79 Å². The monoisotopic (exact) mass is 216 g/mol. The number of nitrogens with one attached hydrogen (secondary N) is 1. The Morgan fingerprint density at radius 2 is 2.31 bits per heavy atom. The highest BCUT2D eigenvalue weighted by Gasteiger charge is 2.03. The van der Waals surface area contributed by atoms with Gasteiger partial charge < -0.3 is 11.1 Å². The van der Waals surface area contributed by atoms with E-state index in [0.29, 0.717) is 11.4 Å². The number of hydrogen-bond donors (Lipinski definition) is 2. The molecule has 2 aromatic rings. The van der Waals surface area contributed by atoms with E-state index in [4.69, 9.17) is 5.73 Å². The van der Waals surface area contributed by atoms with Gasteiger partial charge >= 0.3 is 0 Å². The normalized spacial score (nSPS) is 10.0. The van der Waals surface area contributed by atoms with Gasteiger partial charge in [-0.15, -0.1) is 0 Å². The topological polar surface area (TPSA) is 72.9 Å². The first-order chi connectivity index (χ1) is 7.74. The Morgan fingerprint density at radius 3 is 3.00 bits per heavy atom. The fraction of sp³-hybridized carbons (Fsp3) is 0.0909. The molecule has 5 nitrogen and oxygen atoms in total. The van der Waals surface area contributed by atoms with Crippen LogP contribution in [0.15, 0.2) is 42.7 Å². The Morgan fingerprint density at radius 1 is 1.44 bits per heavy atom. The van der Waals surface area contributed by atoms with Crippen molar-refractivity contribution in [1.29, 1.82) is 0 Å². The molecule has 0 saturated carbocycles. The van der Waals surface area contributed by atoms with Gasteiger partial charge in [-0.25, -0.2) is 0 Å². The third kappa shape index (κ3) is 2.60. The second kappa shape index (κ2) is 4.48. The fourth-order valence-corrected chi connectivity index (χ4v) is 1.36. The lowest BCUT2D eigenvalue weighted by molar-refractivity contribution is -0.116. The molecule has 1 heterocycles. The summed E-state index contributed by atoms with van der Waals surface area (Å²) in [6.07, 6.45) is 3.37. The van der Waals surface area contributed by atoms with Crippen LogP contribution in [0.2, 0.25) is 0 Å². The molecule has 1 aromatic carbocycles. The van der Waals surface area contributed by atoms with Crippen LogP contribution in [-0.4, -0.2) is 15.7 Å². The highest BCUT2D eigenvalue weighted by Crippen LogP contribution is 2.11. The predicted octanol–water partition coefficient (Wildman–Crippen LogP) is 1.10. The van der Waals surface area contributed by atoms with Gasteiger partial charge in [0.25, 0.3) is 0 Å². The van der Waals surface area contributed by atoms with Crippen molar-refractivity contribution in [3.8, 4) is 0 Å². The van der Waals surface area contributed by atoms with E-state index in [9.17, 15) is 4.79 Å². The smallest absolute Gasteiger partial charge is 0.246 e. The summed E-state index contributed by atoms with van der Waals surface area (Å²) in [6.45, 7) is 0.196. The number of benzene rings is 1. The lowest BCUT2D eigenvalue weighted by atomic mass is 10.3. The molecule has 0 aliphatic carbocycles. The molecule has 2 rings (SSSR count). The van der Waals surface area contributed by atoms with Gasteiger partial charge in [-0.2, -0.15) is 5.10 Å². The molecule has 0 fully saturated rings. The summed E-state index contributed by atoms with van der Waals surface area (Å²) >= 11 is 0. The van der Waals surface area contributed by atoms with E-state index in [2.05, 4.69) is 10.4 Å². The number of anilines is 2. The Labute approximate surface area is 92.9 Å². The first-order valence-electron chi connectivity index (χ1n) is 4.87. The molecule has 0 spiro atoms. The van der Waals surface area contributed by atoms with Gasteiger partial charge in [-0.05, 0) is 24.3 Å². The van der Waals surface area contributed by atoms with Gasteiger partial charge in [0, 0.05) is 23.8 Å². The van der Waals surface area contributed by atoms with Crippen molar-refractivity contribution in [2.75, 3.05) is 11.1 Å². The van der Waals surface area contributed by atoms with Gasteiger partial charge in [0.15, 0.2) is 0 Å². The number of nitrogens with two attached hydrogens (primary N) is 1. The van der Waals surface area contributed by atoms with Gasteiger partial charge in [-0.1, -0.05) is 6.07 Å². The average Bonchev–Trinajstić information content (AvgIpc) is 2.70. The molecule has 82 valence electrons. The summed E-state index contributed by atoms with van der Waals surface area (Å²) in [4.78, 5) is 11.6. The molecule has 0 unspecified atom stereocenters. The first kappa shape index (κ1) is 10.2. The molecule has 0 radical (unpaired) electrons. The van der Waals surface area contributed by atoms with Crippen molar-refractivity contribution in [3.05, 3.63) is 42.7 Å². The van der Waals surface area contributed by atoms with Crippen molar-refractivity contribution in [3.63, 3.8) is 0 Å². The minimum absolute atomic E-state index is 0.130. The Hall–Kier alpha value is -2.30. The molecule has 0 saturated heterocycles. The Bertz CT molecular complexity index is 478. The van der Waals surface area contributed by atoms with Gasteiger partial charge in [-0.3, -0.25) is 9.48 Å². The number of carbonyl (C=O) groups is 1. The summed E-state index contributed by atoms with van der Waals surface area (Å²) in [5.41, 5.74) is 6.92. The number of rotatable bonds is 3. The number of hydrogen-bond acceptors (Lipinski definition) is 3. The maximum absolute atomic E-state index is 11.6. The molecule has 0 aliphatic heterocycles. The molecule has 0 bridgehead atoms. The number of carbonyl (C=O) groups excluding carboxylic acids is 1. The van der Waals surface area contributed by atoms with Gasteiger partial charge in [0.05, 0.1) is 0 Å². The molecule has 1 aromatic heterocycles. The van der Waals surface area contributed by atoms with Crippen molar-refractivity contribution in [2.24, 2.45) is 0 Å². The standard InChI is InChI=1S/C11H12N4O/c12-9-3-1-4-10(7-9)14-11(16)8-15-6-2-5-13-15/h1-7H,8,12H2,(H,14,16). The van der Waals surface area contributed by atoms with Gasteiger partial charge in [0.1, 0.15) is 6.54 Å². The molecule has 1 amide bonds. The number of nitrogens with zero attached hydrogens (tertiary/aromatic N) is 2. The summed E-state index contributed by atoms with van der Waals surface area (Å²) < 4.78 is 1.56. The van der Waals surface area contributed by atoms with Crippen LogP contribution in [0.5, 0.6) is 0 Å². The van der Waals surface area contributed by atoms with E-state index in [-0.39, 0.29) is 12.5 Å². The lowest BCUT2D eigenvalue weighted by Crippen LogP contribution is -2.18. The summed E-state index contributed by atoms with van der Waals surface area (Å²) in [7, 11) is 0. The highest BCUT2D eigenvalue weighted by molar-refractivity contribution is 5.90. The highest BCUT2D eigenvalue weighted by atomic mass is 16.2. The van der Waals surface area contributed by atoms with Crippen LogP contribution in [0.25, 0.3) is 0 Å². The van der Waals surface area contributed by atoms with E-state index < -0.39 is 0 Å². The van der Waals surface area contributed by atoms with E-state index in [1.807, 2.05) is 0 Å². The van der Waals surface area contributed by atoms with Crippen molar-refractivity contribution >= 4 is 17.3 Å². The zero-order valence-corrected chi connectivity index (χ0v) is 8.63. The third-order valence-electron chi connectivity index (χ3n) is 2.04. The van der Waals surface area contributed by atoms with Crippen LogP contribution in [0.3, 0.4) is 0 Å². The maximum Gasteiger partial charge on any atom is 0.246 e.